The molecular weight excluding hydrogens is 296 g/mol. The van der Waals surface area contributed by atoms with Gasteiger partial charge in [-0.15, -0.1) is 0 Å². The SMILES string of the molecule is C[C@@H](OS(C)(=O)=O)[C@H](NC(=O)Cc1ccccc1)C(N)=O. The summed E-state index contributed by atoms with van der Waals surface area (Å²) < 4.78 is 26.8. The highest BCUT2D eigenvalue weighted by atomic mass is 32.2. The monoisotopic (exact) mass is 314 g/mol. The van der Waals surface area contributed by atoms with Crippen molar-refractivity contribution in [2.75, 3.05) is 6.26 Å². The van der Waals surface area contributed by atoms with Crippen LogP contribution in [0.25, 0.3) is 0 Å². The maximum absolute atomic E-state index is 11.9. The summed E-state index contributed by atoms with van der Waals surface area (Å²) in [7, 11) is -3.76. The molecule has 1 aromatic carbocycles. The molecule has 21 heavy (non-hydrogen) atoms. The highest BCUT2D eigenvalue weighted by molar-refractivity contribution is 7.86. The van der Waals surface area contributed by atoms with E-state index in [2.05, 4.69) is 9.50 Å². The van der Waals surface area contributed by atoms with Crippen LogP contribution in [0, 0.1) is 0 Å². The molecule has 0 spiro atoms. The first-order valence-electron chi connectivity index (χ1n) is 6.20. The quantitative estimate of drug-likeness (QED) is 0.662. The molecule has 0 aromatic heterocycles. The van der Waals surface area contributed by atoms with E-state index in [9.17, 15) is 18.0 Å². The van der Waals surface area contributed by atoms with Gasteiger partial charge in [-0.05, 0) is 12.5 Å². The number of hydrogen-bond donors (Lipinski definition) is 2. The molecule has 116 valence electrons. The van der Waals surface area contributed by atoms with Gasteiger partial charge in [-0.2, -0.15) is 8.42 Å². The minimum atomic E-state index is -3.76. The Hall–Kier alpha value is -1.93. The fraction of sp³-hybridized carbons (Fsp3) is 0.385. The molecule has 7 nitrogen and oxygen atoms in total. The summed E-state index contributed by atoms with van der Waals surface area (Å²) in [4.78, 5) is 23.2. The van der Waals surface area contributed by atoms with E-state index in [1.165, 1.54) is 6.92 Å². The van der Waals surface area contributed by atoms with Crippen LogP contribution in [0.1, 0.15) is 12.5 Å². The van der Waals surface area contributed by atoms with Crippen LogP contribution in [0.15, 0.2) is 30.3 Å². The lowest BCUT2D eigenvalue weighted by Crippen LogP contribution is -2.52. The van der Waals surface area contributed by atoms with Gasteiger partial charge >= 0.3 is 0 Å². The smallest absolute Gasteiger partial charge is 0.264 e. The van der Waals surface area contributed by atoms with E-state index in [1.54, 1.807) is 24.3 Å². The van der Waals surface area contributed by atoms with Crippen molar-refractivity contribution in [3.63, 3.8) is 0 Å². The second-order valence-electron chi connectivity index (χ2n) is 4.62. The Kier molecular flexibility index (Phi) is 5.86. The van der Waals surface area contributed by atoms with Gasteiger partial charge in [-0.3, -0.25) is 13.8 Å². The Bertz CT molecular complexity index is 600. The molecule has 0 fully saturated rings. The molecule has 2 atom stereocenters. The minimum absolute atomic E-state index is 0.0518. The zero-order valence-electron chi connectivity index (χ0n) is 11.8. The summed E-state index contributed by atoms with van der Waals surface area (Å²) >= 11 is 0. The Balaban J connectivity index is 2.70. The molecule has 3 N–H and O–H groups in total. The van der Waals surface area contributed by atoms with Crippen molar-refractivity contribution in [1.82, 2.24) is 5.32 Å². The van der Waals surface area contributed by atoms with Gasteiger partial charge < -0.3 is 11.1 Å². The van der Waals surface area contributed by atoms with Gasteiger partial charge in [0.25, 0.3) is 10.1 Å². The van der Waals surface area contributed by atoms with Crippen LogP contribution in [-0.2, 0) is 30.3 Å². The highest BCUT2D eigenvalue weighted by Gasteiger charge is 2.28. The van der Waals surface area contributed by atoms with Crippen molar-refractivity contribution in [1.29, 1.82) is 0 Å². The number of amides is 2. The van der Waals surface area contributed by atoms with Gasteiger partial charge in [-0.1, -0.05) is 30.3 Å². The maximum atomic E-state index is 11.9. The number of carbonyl (C=O) groups is 2. The van der Waals surface area contributed by atoms with E-state index >= 15 is 0 Å². The van der Waals surface area contributed by atoms with Crippen LogP contribution in [0.4, 0.5) is 0 Å². The van der Waals surface area contributed by atoms with E-state index in [1.807, 2.05) is 6.07 Å². The molecule has 2 amide bonds. The second-order valence-corrected chi connectivity index (χ2v) is 6.22. The van der Waals surface area contributed by atoms with Gasteiger partial charge in [0.1, 0.15) is 12.1 Å². The molecule has 0 heterocycles. The Morgan fingerprint density at radius 2 is 1.86 bits per heavy atom. The van der Waals surface area contributed by atoms with Gasteiger partial charge in [-0.25, -0.2) is 0 Å². The van der Waals surface area contributed by atoms with Crippen molar-refractivity contribution in [2.45, 2.75) is 25.5 Å². The first-order chi connectivity index (χ1) is 9.69. The van der Waals surface area contributed by atoms with Crippen LogP contribution >= 0.6 is 0 Å². The average molecular weight is 314 g/mol. The fourth-order valence-electron chi connectivity index (χ4n) is 1.76. The summed E-state index contributed by atoms with van der Waals surface area (Å²) in [6, 6.07) is 7.67. The molecule has 0 aliphatic heterocycles. The molecule has 1 rings (SSSR count). The molecule has 0 aliphatic rings. The summed E-state index contributed by atoms with van der Waals surface area (Å²) in [6.45, 7) is 1.35. The summed E-state index contributed by atoms with van der Waals surface area (Å²) in [6.07, 6.45) is -0.180. The third-order valence-electron chi connectivity index (χ3n) is 2.63. The molecule has 0 radical (unpaired) electrons. The molecule has 8 heteroatoms. The van der Waals surface area contributed by atoms with Crippen LogP contribution in [0.5, 0.6) is 0 Å². The lowest BCUT2D eigenvalue weighted by Gasteiger charge is -2.21. The third kappa shape index (κ3) is 6.37. The lowest BCUT2D eigenvalue weighted by molar-refractivity contribution is -0.128. The van der Waals surface area contributed by atoms with E-state index in [0.29, 0.717) is 0 Å². The van der Waals surface area contributed by atoms with Crippen molar-refractivity contribution in [3.8, 4) is 0 Å². The van der Waals surface area contributed by atoms with Crippen LogP contribution in [0.2, 0.25) is 0 Å². The summed E-state index contributed by atoms with van der Waals surface area (Å²) in [5.41, 5.74) is 5.93. The van der Waals surface area contributed by atoms with Crippen molar-refractivity contribution in [3.05, 3.63) is 35.9 Å². The standard InChI is InChI=1S/C13H18N2O5S/c1-9(20-21(2,18)19)12(13(14)17)15-11(16)8-10-6-4-3-5-7-10/h3-7,9,12H,8H2,1-2H3,(H2,14,17)(H,15,16)/t9-,12+/m1/s1. The van der Waals surface area contributed by atoms with Crippen molar-refractivity contribution in [2.24, 2.45) is 5.73 Å². The predicted molar refractivity (Wildman–Crippen MR) is 76.7 cm³/mol. The summed E-state index contributed by atoms with van der Waals surface area (Å²) in [5.74, 6) is -1.32. The Labute approximate surface area is 123 Å². The van der Waals surface area contributed by atoms with E-state index in [0.717, 1.165) is 11.8 Å². The third-order valence-corrected chi connectivity index (χ3v) is 3.28. The van der Waals surface area contributed by atoms with Crippen LogP contribution < -0.4 is 11.1 Å². The molecule has 0 bridgehead atoms. The number of nitrogens with one attached hydrogen (secondary N) is 1. The number of hydrogen-bond acceptors (Lipinski definition) is 5. The van der Waals surface area contributed by atoms with Gasteiger partial charge in [0.2, 0.25) is 11.8 Å². The van der Waals surface area contributed by atoms with Gasteiger partial charge in [0.05, 0.1) is 12.7 Å². The zero-order valence-corrected chi connectivity index (χ0v) is 12.6. The number of benzene rings is 1. The normalized spacial score (nSPS) is 14.2. The van der Waals surface area contributed by atoms with Crippen molar-refractivity contribution >= 4 is 21.9 Å². The molecular formula is C13H18N2O5S. The highest BCUT2D eigenvalue weighted by Crippen LogP contribution is 2.05. The Morgan fingerprint density at radius 1 is 1.29 bits per heavy atom. The minimum Gasteiger partial charge on any atom is -0.368 e. The molecule has 1 aromatic rings. The molecule has 0 saturated carbocycles. The molecule has 0 saturated heterocycles. The van der Waals surface area contributed by atoms with Crippen LogP contribution in [0.3, 0.4) is 0 Å². The van der Waals surface area contributed by atoms with E-state index in [-0.39, 0.29) is 6.42 Å². The second kappa shape index (κ2) is 7.19. The van der Waals surface area contributed by atoms with Gasteiger partial charge in [0.15, 0.2) is 0 Å². The summed E-state index contributed by atoms with van der Waals surface area (Å²) in [5, 5.41) is 2.38. The van der Waals surface area contributed by atoms with Crippen molar-refractivity contribution < 1.29 is 22.2 Å². The first-order valence-corrected chi connectivity index (χ1v) is 8.01. The zero-order chi connectivity index (χ0) is 16.0. The van der Waals surface area contributed by atoms with Crippen LogP contribution in [-0.4, -0.2) is 38.6 Å². The fourth-order valence-corrected chi connectivity index (χ4v) is 2.42. The number of rotatable bonds is 7. The average Bonchev–Trinajstić information content (AvgIpc) is 2.34. The first kappa shape index (κ1) is 17.1. The maximum Gasteiger partial charge on any atom is 0.264 e. The van der Waals surface area contributed by atoms with E-state index in [4.69, 9.17) is 5.73 Å². The topological polar surface area (TPSA) is 116 Å². The number of primary amides is 1. The molecule has 0 unspecified atom stereocenters. The lowest BCUT2D eigenvalue weighted by atomic mass is 10.1. The van der Waals surface area contributed by atoms with Gasteiger partial charge in [0, 0.05) is 0 Å². The Morgan fingerprint density at radius 3 is 2.33 bits per heavy atom. The van der Waals surface area contributed by atoms with E-state index < -0.39 is 34.1 Å². The number of carbonyl (C=O) groups excluding carboxylic acids is 2. The largest absolute Gasteiger partial charge is 0.368 e. The predicted octanol–water partition coefficient (Wildman–Crippen LogP) is -0.436. The number of nitrogens with two attached hydrogens (primary N) is 1. The molecule has 0 aliphatic carbocycles.